The quantitative estimate of drug-likeness (QED) is 0.213. The fourth-order valence-electron chi connectivity index (χ4n) is 4.36. The number of esters is 1. The molecule has 0 saturated heterocycles. The number of allylic oxidation sites excluding steroid dienone is 4. The second-order valence-corrected chi connectivity index (χ2v) is 8.20. The first-order valence-electron chi connectivity index (χ1n) is 10.8. The number of rotatable bonds is 8. The largest absolute Gasteiger partial charge is 0.462 e. The van der Waals surface area contributed by atoms with Crippen molar-refractivity contribution in [3.8, 4) is 6.07 Å². The SMILES string of the molecule is CCCCC[C@H]1CC[C@H](OC(=O)[C@H]2CC[C@H](C=CC=C(F)C#N)CC2)CC1. The predicted octanol–water partition coefficient (Wildman–Crippen LogP) is 6.41. The average Bonchev–Trinajstić information content (AvgIpc) is 2.70. The first kappa shape index (κ1) is 21.7. The van der Waals surface area contributed by atoms with Crippen LogP contribution in [0.4, 0.5) is 4.39 Å². The summed E-state index contributed by atoms with van der Waals surface area (Å²) in [5, 5.41) is 8.39. The van der Waals surface area contributed by atoms with Crippen LogP contribution in [0.2, 0.25) is 0 Å². The van der Waals surface area contributed by atoms with Gasteiger partial charge in [0.1, 0.15) is 12.2 Å². The van der Waals surface area contributed by atoms with E-state index in [1.165, 1.54) is 50.7 Å². The van der Waals surface area contributed by atoms with Crippen LogP contribution in [0.3, 0.4) is 0 Å². The number of carbonyl (C=O) groups is 1. The van der Waals surface area contributed by atoms with Crippen molar-refractivity contribution in [3.05, 3.63) is 24.1 Å². The lowest BCUT2D eigenvalue weighted by molar-refractivity contribution is -0.157. The molecule has 0 bridgehead atoms. The Morgan fingerprint density at radius 2 is 1.81 bits per heavy atom. The average molecular weight is 376 g/mol. The van der Waals surface area contributed by atoms with Crippen molar-refractivity contribution in [2.45, 2.75) is 90.1 Å². The number of ether oxygens (including phenoxy) is 1. The molecule has 150 valence electrons. The number of nitrogens with zero attached hydrogens (tertiary/aromatic N) is 1. The Labute approximate surface area is 163 Å². The van der Waals surface area contributed by atoms with Crippen molar-refractivity contribution in [2.75, 3.05) is 0 Å². The van der Waals surface area contributed by atoms with Crippen LogP contribution in [0, 0.1) is 29.1 Å². The van der Waals surface area contributed by atoms with E-state index in [1.54, 1.807) is 6.08 Å². The summed E-state index contributed by atoms with van der Waals surface area (Å²) in [5.74, 6) is 0.415. The van der Waals surface area contributed by atoms with Crippen LogP contribution in [-0.2, 0) is 9.53 Å². The molecule has 27 heavy (non-hydrogen) atoms. The third-order valence-corrected chi connectivity index (χ3v) is 6.13. The third kappa shape index (κ3) is 7.87. The van der Waals surface area contributed by atoms with Gasteiger partial charge in [-0.2, -0.15) is 9.65 Å². The Kier molecular flexibility index (Phi) is 9.59. The molecule has 2 aliphatic rings. The van der Waals surface area contributed by atoms with Crippen molar-refractivity contribution in [1.29, 1.82) is 5.26 Å². The second kappa shape index (κ2) is 12.0. The molecule has 0 aliphatic heterocycles. The Morgan fingerprint density at radius 1 is 1.11 bits per heavy atom. The van der Waals surface area contributed by atoms with Gasteiger partial charge >= 0.3 is 5.97 Å². The molecule has 0 heterocycles. The van der Waals surface area contributed by atoms with Gasteiger partial charge in [0, 0.05) is 0 Å². The van der Waals surface area contributed by atoms with Crippen molar-refractivity contribution in [1.82, 2.24) is 0 Å². The van der Waals surface area contributed by atoms with E-state index in [2.05, 4.69) is 6.92 Å². The first-order chi connectivity index (χ1) is 13.1. The van der Waals surface area contributed by atoms with Gasteiger partial charge in [0.2, 0.25) is 0 Å². The van der Waals surface area contributed by atoms with Gasteiger partial charge < -0.3 is 4.74 Å². The van der Waals surface area contributed by atoms with E-state index in [1.807, 2.05) is 6.08 Å². The summed E-state index contributed by atoms with van der Waals surface area (Å²) in [6.45, 7) is 2.24. The van der Waals surface area contributed by atoms with Gasteiger partial charge in [0.05, 0.1) is 5.92 Å². The van der Waals surface area contributed by atoms with E-state index in [0.717, 1.165) is 44.4 Å². The standard InChI is InChI=1S/C23H34FNO2/c1-2-3-4-6-18-11-15-22(16-12-18)27-23(26)20-13-9-19(10-14-20)7-5-8-21(24)17-25/h5,7-8,18-20,22H,2-4,6,9-16H2,1H3/t18-,19-,20-,22-. The van der Waals surface area contributed by atoms with Crippen molar-refractivity contribution in [3.63, 3.8) is 0 Å². The Bertz CT molecular complexity index is 547. The van der Waals surface area contributed by atoms with Crippen molar-refractivity contribution in [2.24, 2.45) is 17.8 Å². The summed E-state index contributed by atoms with van der Waals surface area (Å²) < 4.78 is 18.6. The molecular weight excluding hydrogens is 341 g/mol. The van der Waals surface area contributed by atoms with Gasteiger partial charge in [-0.25, -0.2) is 0 Å². The molecule has 0 aromatic rings. The normalized spacial score (nSPS) is 29.4. The van der Waals surface area contributed by atoms with Gasteiger partial charge in [-0.3, -0.25) is 4.79 Å². The first-order valence-corrected chi connectivity index (χ1v) is 10.8. The molecule has 0 N–H and O–H groups in total. The zero-order valence-electron chi connectivity index (χ0n) is 16.7. The number of hydrogen-bond donors (Lipinski definition) is 0. The summed E-state index contributed by atoms with van der Waals surface area (Å²) in [4.78, 5) is 12.5. The smallest absolute Gasteiger partial charge is 0.309 e. The molecule has 0 spiro atoms. The topological polar surface area (TPSA) is 50.1 Å². The third-order valence-electron chi connectivity index (χ3n) is 6.13. The molecule has 4 heteroatoms. The van der Waals surface area contributed by atoms with E-state index in [9.17, 15) is 9.18 Å². The summed E-state index contributed by atoms with van der Waals surface area (Å²) in [5.41, 5.74) is 0. The molecule has 2 aliphatic carbocycles. The molecule has 0 radical (unpaired) electrons. The van der Waals surface area contributed by atoms with Crippen LogP contribution >= 0.6 is 0 Å². The minimum atomic E-state index is -0.774. The van der Waals surface area contributed by atoms with Gasteiger partial charge in [-0.05, 0) is 69.3 Å². The maximum Gasteiger partial charge on any atom is 0.309 e. The van der Waals surface area contributed by atoms with Gasteiger partial charge in [0.15, 0.2) is 5.83 Å². The molecule has 3 nitrogen and oxygen atoms in total. The highest BCUT2D eigenvalue weighted by Crippen LogP contribution is 2.33. The fraction of sp³-hybridized carbons (Fsp3) is 0.739. The minimum absolute atomic E-state index is 0.0118. The van der Waals surface area contributed by atoms with E-state index in [0.29, 0.717) is 5.92 Å². The van der Waals surface area contributed by atoms with Gasteiger partial charge in [-0.15, -0.1) is 0 Å². The highest BCUT2D eigenvalue weighted by atomic mass is 19.1. The molecule has 2 saturated carbocycles. The Balaban J connectivity index is 1.64. The summed E-state index contributed by atoms with van der Waals surface area (Å²) in [6, 6.07) is 1.46. The molecule has 2 fully saturated rings. The van der Waals surface area contributed by atoms with Gasteiger partial charge in [0.25, 0.3) is 0 Å². The lowest BCUT2D eigenvalue weighted by atomic mass is 9.81. The van der Waals surface area contributed by atoms with Crippen LogP contribution in [-0.4, -0.2) is 12.1 Å². The van der Waals surface area contributed by atoms with E-state index < -0.39 is 5.83 Å². The monoisotopic (exact) mass is 375 g/mol. The zero-order chi connectivity index (χ0) is 19.5. The highest BCUT2D eigenvalue weighted by Gasteiger charge is 2.30. The number of unbranched alkanes of at least 4 members (excludes halogenated alkanes) is 2. The van der Waals surface area contributed by atoms with Crippen LogP contribution < -0.4 is 0 Å². The van der Waals surface area contributed by atoms with E-state index in [-0.39, 0.29) is 18.0 Å². The number of halogens is 1. The molecule has 0 unspecified atom stereocenters. The van der Waals surface area contributed by atoms with E-state index in [4.69, 9.17) is 10.00 Å². The van der Waals surface area contributed by atoms with Crippen molar-refractivity contribution >= 4 is 5.97 Å². The number of nitriles is 1. The summed E-state index contributed by atoms with van der Waals surface area (Å²) in [7, 11) is 0. The maximum atomic E-state index is 12.8. The van der Waals surface area contributed by atoms with Crippen molar-refractivity contribution < 1.29 is 13.9 Å². The van der Waals surface area contributed by atoms with Crippen LogP contribution in [0.25, 0.3) is 0 Å². The maximum absolute atomic E-state index is 12.8. The van der Waals surface area contributed by atoms with Crippen LogP contribution in [0.15, 0.2) is 24.1 Å². The van der Waals surface area contributed by atoms with E-state index >= 15 is 0 Å². The summed E-state index contributed by atoms with van der Waals surface area (Å²) >= 11 is 0. The van der Waals surface area contributed by atoms with Crippen LogP contribution in [0.1, 0.15) is 84.0 Å². The molecule has 0 aromatic carbocycles. The molecule has 0 aromatic heterocycles. The van der Waals surface area contributed by atoms with Gasteiger partial charge in [-0.1, -0.05) is 44.8 Å². The highest BCUT2D eigenvalue weighted by molar-refractivity contribution is 5.72. The molecule has 0 amide bonds. The predicted molar refractivity (Wildman–Crippen MR) is 105 cm³/mol. The Morgan fingerprint density at radius 3 is 2.44 bits per heavy atom. The lowest BCUT2D eigenvalue weighted by Crippen LogP contribution is -2.30. The number of carbonyl (C=O) groups excluding carboxylic acids is 1. The minimum Gasteiger partial charge on any atom is -0.462 e. The fourth-order valence-corrected chi connectivity index (χ4v) is 4.36. The molecular formula is C23H34FNO2. The lowest BCUT2D eigenvalue weighted by Gasteiger charge is -2.31. The summed E-state index contributed by atoms with van der Waals surface area (Å²) in [6.07, 6.45) is 18.1. The Hall–Kier alpha value is -1.63. The molecule has 0 atom stereocenters. The zero-order valence-corrected chi connectivity index (χ0v) is 16.7. The number of hydrogen-bond acceptors (Lipinski definition) is 3. The van der Waals surface area contributed by atoms with Crippen LogP contribution in [0.5, 0.6) is 0 Å². The second-order valence-electron chi connectivity index (χ2n) is 8.20. The molecule has 2 rings (SSSR count).